The second-order valence-electron chi connectivity index (χ2n) is 7.75. The Labute approximate surface area is 232 Å². The van der Waals surface area contributed by atoms with Crippen LogP contribution in [0.4, 0.5) is 0 Å². The molecule has 0 rings (SSSR count). The highest BCUT2D eigenvalue weighted by Gasteiger charge is 2.37. The summed E-state index contributed by atoms with van der Waals surface area (Å²) < 4.78 is 64.9. The van der Waals surface area contributed by atoms with E-state index in [1.807, 2.05) is 0 Å². The fourth-order valence-electron chi connectivity index (χ4n) is 2.83. The number of rotatable bonds is 26. The SMILES string of the molecule is NOP(=O)(CN(CCN(CCN(CP(=O)(N=O)N=O)CP(=O)(N=O)N=O)CP(=O)(N=O)N=O)CP(=O)(N=O)N=O)N=O. The van der Waals surface area contributed by atoms with Crippen LogP contribution in [0.15, 0.2) is 44.5 Å². The van der Waals surface area contributed by atoms with Crippen LogP contribution < -0.4 is 5.90 Å². The minimum Gasteiger partial charge on any atom is -0.290 e. The summed E-state index contributed by atoms with van der Waals surface area (Å²) in [5.41, 5.74) is 0. The Morgan fingerprint density at radius 1 is 0.405 bits per heavy atom. The smallest absolute Gasteiger partial charge is 0.290 e. The maximum Gasteiger partial charge on any atom is 0.387 e. The van der Waals surface area contributed by atoms with Gasteiger partial charge in [-0.15, -0.1) is 44.2 Å². The van der Waals surface area contributed by atoms with Crippen LogP contribution in [-0.4, -0.2) is 72.3 Å². The predicted octanol–water partition coefficient (Wildman–Crippen LogP) is 4.43. The number of nitrogens with two attached hydrogens (primary N) is 1. The largest absolute Gasteiger partial charge is 0.387 e. The molecule has 33 heteroatoms. The van der Waals surface area contributed by atoms with E-state index in [0.717, 1.165) is 4.90 Å². The number of hydrogen-bond donors (Lipinski definition) is 1. The zero-order valence-electron chi connectivity index (χ0n) is 20.7. The Morgan fingerprint density at radius 3 is 0.881 bits per heavy atom. The average molecular weight is 705 g/mol. The minimum atomic E-state index is -4.82. The molecule has 0 aliphatic rings. The van der Waals surface area contributed by atoms with E-state index in [2.05, 4.69) is 49.2 Å². The molecule has 0 radical (unpaired) electrons. The third-order valence-electron chi connectivity index (χ3n) is 4.69. The van der Waals surface area contributed by atoms with Gasteiger partial charge in [0.15, 0.2) is 0 Å². The molecule has 42 heavy (non-hydrogen) atoms. The average Bonchev–Trinajstić information content (AvgIpc) is 3.01. The van der Waals surface area contributed by atoms with Crippen molar-refractivity contribution in [2.75, 3.05) is 57.6 Å². The van der Waals surface area contributed by atoms with Gasteiger partial charge in [-0.1, -0.05) is 0 Å². The summed E-state index contributed by atoms with van der Waals surface area (Å²) >= 11 is 0. The quantitative estimate of drug-likeness (QED) is 0.0738. The number of hydrogen-bond acceptors (Lipinski definition) is 19. The molecule has 0 bridgehead atoms. The first-order chi connectivity index (χ1) is 19.5. The molecule has 0 amide bonds. The van der Waals surface area contributed by atoms with E-state index >= 15 is 0 Å². The lowest BCUT2D eigenvalue weighted by Gasteiger charge is -2.29. The maximum atomic E-state index is 12.3. The Balaban J connectivity index is 6.36. The Hall–Kier alpha value is -2.65. The van der Waals surface area contributed by atoms with E-state index in [1.165, 1.54) is 0 Å². The molecule has 28 nitrogen and oxygen atoms in total. The van der Waals surface area contributed by atoms with Gasteiger partial charge in [0.05, 0.1) is 25.1 Å². The highest BCUT2D eigenvalue weighted by Crippen LogP contribution is 2.54. The topological polar surface area (TPSA) is 395 Å². The minimum absolute atomic E-state index is 0.569. The van der Waals surface area contributed by atoms with Gasteiger partial charge in [-0.3, -0.25) is 37.5 Å². The van der Waals surface area contributed by atoms with Crippen molar-refractivity contribution in [2.24, 2.45) is 50.4 Å². The van der Waals surface area contributed by atoms with E-state index in [4.69, 9.17) is 5.90 Å². The molecule has 0 fully saturated rings. The predicted molar refractivity (Wildman–Crippen MR) is 145 cm³/mol. The van der Waals surface area contributed by atoms with Crippen molar-refractivity contribution in [1.82, 2.24) is 14.7 Å². The fourth-order valence-corrected chi connectivity index (χ4v) is 7.67. The molecule has 0 saturated heterocycles. The lowest BCUT2D eigenvalue weighted by Crippen LogP contribution is -2.40. The van der Waals surface area contributed by atoms with Crippen LogP contribution in [0.5, 0.6) is 0 Å². The van der Waals surface area contributed by atoms with Gasteiger partial charge < -0.3 is 0 Å². The van der Waals surface area contributed by atoms with Crippen molar-refractivity contribution in [3.8, 4) is 0 Å². The van der Waals surface area contributed by atoms with Gasteiger partial charge in [0, 0.05) is 70.7 Å². The van der Waals surface area contributed by atoms with Gasteiger partial charge >= 0.3 is 37.3 Å². The summed E-state index contributed by atoms with van der Waals surface area (Å²) in [5, 5.41) is 0. The first kappa shape index (κ1) is 39.4. The summed E-state index contributed by atoms with van der Waals surface area (Å²) in [5.74, 6) is 4.76. The van der Waals surface area contributed by atoms with Crippen molar-refractivity contribution in [1.29, 1.82) is 0 Å². The van der Waals surface area contributed by atoms with Crippen LogP contribution in [0.2, 0.25) is 0 Å². The Kier molecular flexibility index (Phi) is 16.4. The molecule has 0 aliphatic heterocycles. The van der Waals surface area contributed by atoms with Crippen molar-refractivity contribution in [2.45, 2.75) is 0 Å². The first-order valence-electron chi connectivity index (χ1n) is 10.2. The van der Waals surface area contributed by atoms with Gasteiger partial charge in [-0.2, -0.15) is 0 Å². The molecule has 1 atom stereocenters. The lowest BCUT2D eigenvalue weighted by molar-refractivity contribution is 0.221. The molecule has 0 saturated carbocycles. The molecule has 236 valence electrons. The van der Waals surface area contributed by atoms with Crippen LogP contribution in [-0.2, 0) is 27.4 Å². The third kappa shape index (κ3) is 12.7. The summed E-state index contributed by atoms with van der Waals surface area (Å²) in [6.45, 7) is -2.67. The molecule has 2 N–H and O–H groups in total. The standard InChI is InChI=1S/C9H20N13O15P5/c10-37-42(36,19-31)9-22(8-41(35,17-29)18-30)4-2-20(5-38(32,11-23)12-24)1-3-21(6-39(33,13-25)14-26)7-40(34,15-27)16-28/h1-10H2. The van der Waals surface area contributed by atoms with Crippen molar-refractivity contribution in [3.63, 3.8) is 0 Å². The molecule has 0 aromatic carbocycles. The monoisotopic (exact) mass is 705 g/mol. The van der Waals surface area contributed by atoms with E-state index in [1.54, 1.807) is 0 Å². The van der Waals surface area contributed by atoms with E-state index in [-0.39, 0.29) is 0 Å². The first-order valence-corrected chi connectivity index (χ1v) is 19.2. The van der Waals surface area contributed by atoms with Crippen LogP contribution in [0, 0.1) is 44.2 Å². The molecular weight excluding hydrogens is 685 g/mol. The van der Waals surface area contributed by atoms with Crippen LogP contribution in [0.1, 0.15) is 0 Å². The number of nitroso groups, excluding NO2 is 9. The van der Waals surface area contributed by atoms with Crippen LogP contribution >= 0.6 is 37.3 Å². The van der Waals surface area contributed by atoms with E-state index in [9.17, 15) is 67.0 Å². The fraction of sp³-hybridized carbons (Fsp3) is 1.00. The zero-order chi connectivity index (χ0) is 32.7. The van der Waals surface area contributed by atoms with Gasteiger partial charge in [0.25, 0.3) is 0 Å². The summed E-state index contributed by atoms with van der Waals surface area (Å²) in [4.78, 5) is 119. The molecule has 0 aliphatic carbocycles. The molecule has 0 aromatic heterocycles. The lowest BCUT2D eigenvalue weighted by atomic mass is 10.4. The third-order valence-corrected chi connectivity index (χ3v) is 11.1. The zero-order valence-corrected chi connectivity index (χ0v) is 25.1. The summed E-state index contributed by atoms with van der Waals surface area (Å²) in [6.07, 6.45) is -5.87. The molecule has 0 spiro atoms. The highest BCUT2D eigenvalue weighted by atomic mass is 31.2. The van der Waals surface area contributed by atoms with E-state index < -0.39 is 94.9 Å². The normalized spacial score (nSPS) is 14.1. The van der Waals surface area contributed by atoms with Crippen molar-refractivity contribution in [3.05, 3.63) is 44.2 Å². The van der Waals surface area contributed by atoms with Crippen molar-refractivity contribution >= 4 is 37.3 Å². The Morgan fingerprint density at radius 2 is 0.643 bits per heavy atom. The second-order valence-corrected chi connectivity index (χ2v) is 17.4. The summed E-state index contributed by atoms with van der Waals surface area (Å²) in [6, 6.07) is 0. The molecule has 1 unspecified atom stereocenters. The van der Waals surface area contributed by atoms with Gasteiger partial charge in [-0.05, 0) is 0 Å². The van der Waals surface area contributed by atoms with E-state index in [0.29, 0.717) is 9.80 Å². The molecular formula is C9H20N13O15P5. The highest BCUT2D eigenvalue weighted by molar-refractivity contribution is 7.62. The van der Waals surface area contributed by atoms with Gasteiger partial charge in [0.2, 0.25) is 0 Å². The molecule has 0 aromatic rings. The summed E-state index contributed by atoms with van der Waals surface area (Å²) in [7, 11) is -23.8. The van der Waals surface area contributed by atoms with Gasteiger partial charge in [0.1, 0.15) is 6.29 Å². The molecule has 0 heterocycles. The van der Waals surface area contributed by atoms with Gasteiger partial charge in [-0.25, -0.2) is 10.5 Å². The van der Waals surface area contributed by atoms with Crippen LogP contribution in [0.3, 0.4) is 0 Å². The van der Waals surface area contributed by atoms with Crippen molar-refractivity contribution < 1.29 is 27.4 Å². The number of nitrogens with zero attached hydrogens (tertiary/aromatic N) is 12. The second kappa shape index (κ2) is 17.5. The Bertz CT molecular complexity index is 1210. The maximum absolute atomic E-state index is 12.3. The van der Waals surface area contributed by atoms with Crippen LogP contribution in [0.25, 0.3) is 0 Å².